The van der Waals surface area contributed by atoms with E-state index in [-0.39, 0.29) is 23.9 Å². The predicted molar refractivity (Wildman–Crippen MR) is 129 cm³/mol. The molecule has 2 aromatic rings. The van der Waals surface area contributed by atoms with Crippen LogP contribution in [0.4, 0.5) is 64.5 Å². The third-order valence-corrected chi connectivity index (χ3v) is 5.99. The van der Waals surface area contributed by atoms with E-state index in [1.54, 1.807) is 0 Å². The Morgan fingerprint density at radius 3 is 1.64 bits per heavy atom. The third-order valence-electron chi connectivity index (χ3n) is 5.99. The summed E-state index contributed by atoms with van der Waals surface area (Å²) in [5, 5.41) is 12.5. The zero-order valence-electron chi connectivity index (χ0n) is 22.4. The lowest BCUT2D eigenvalue weighted by molar-refractivity contribution is -0.192. The Morgan fingerprint density at radius 1 is 0.795 bits per heavy atom. The van der Waals surface area contributed by atoms with E-state index in [9.17, 15) is 57.5 Å². The molecule has 3 N–H and O–H groups in total. The van der Waals surface area contributed by atoms with Gasteiger partial charge in [0.15, 0.2) is 0 Å². The number of nitrogens with one attached hydrogen (secondary N) is 2. The van der Waals surface area contributed by atoms with Gasteiger partial charge in [0.05, 0.1) is 11.1 Å². The Morgan fingerprint density at radius 2 is 1.25 bits per heavy atom. The van der Waals surface area contributed by atoms with Crippen molar-refractivity contribution in [1.29, 1.82) is 0 Å². The third kappa shape index (κ3) is 10.3. The van der Waals surface area contributed by atoms with Crippen molar-refractivity contribution in [2.45, 2.75) is 62.5 Å². The molecule has 0 saturated heterocycles. The van der Waals surface area contributed by atoms with Gasteiger partial charge in [0, 0.05) is 37.9 Å². The van der Waals surface area contributed by atoms with Crippen LogP contribution in [0.25, 0.3) is 0 Å². The van der Waals surface area contributed by atoms with Crippen LogP contribution in [-0.4, -0.2) is 59.3 Å². The number of hydrogen-bond acceptors (Lipinski definition) is 6. The number of aliphatic carboxylic acids is 1. The SMILES string of the molecule is CN(C)c1nc(N[C@H]2CC[C@@H](NC(=O)c3cc(C(F)(F)F)cc(C(F)(F)F)c3)CC2)ncc1C(F)(F)F.O=C(O)C(F)(F)F. The van der Waals surface area contributed by atoms with Gasteiger partial charge in [0.1, 0.15) is 11.4 Å². The summed E-state index contributed by atoms with van der Waals surface area (Å²) < 4.78 is 150. The highest BCUT2D eigenvalue weighted by Crippen LogP contribution is 2.37. The Labute approximate surface area is 240 Å². The number of carboxylic acids is 1. The quantitative estimate of drug-likeness (QED) is 0.320. The van der Waals surface area contributed by atoms with E-state index in [2.05, 4.69) is 20.6 Å². The lowest BCUT2D eigenvalue weighted by atomic mass is 9.91. The van der Waals surface area contributed by atoms with Gasteiger partial charge in [-0.1, -0.05) is 0 Å². The molecule has 0 bridgehead atoms. The number of rotatable bonds is 5. The fourth-order valence-corrected chi connectivity index (χ4v) is 3.90. The van der Waals surface area contributed by atoms with Gasteiger partial charge in [0.25, 0.3) is 5.91 Å². The molecule has 8 nitrogen and oxygen atoms in total. The number of nitrogens with zero attached hydrogens (tertiary/aromatic N) is 3. The minimum absolute atomic E-state index is 0.0344. The van der Waals surface area contributed by atoms with E-state index in [4.69, 9.17) is 9.90 Å². The van der Waals surface area contributed by atoms with Crippen LogP contribution in [-0.2, 0) is 23.3 Å². The van der Waals surface area contributed by atoms with Gasteiger partial charge in [0.2, 0.25) is 5.95 Å². The van der Waals surface area contributed by atoms with Gasteiger partial charge in [-0.25, -0.2) is 9.78 Å². The number of hydrogen-bond donors (Lipinski definition) is 3. The summed E-state index contributed by atoms with van der Waals surface area (Å²) >= 11 is 0. The van der Waals surface area contributed by atoms with Crippen molar-refractivity contribution in [3.8, 4) is 0 Å². The molecule has 0 radical (unpaired) electrons. The molecule has 1 aliphatic carbocycles. The van der Waals surface area contributed by atoms with Crippen LogP contribution in [0, 0.1) is 0 Å². The molecular formula is C24H23F12N5O3. The van der Waals surface area contributed by atoms with Gasteiger partial charge in [-0.15, -0.1) is 0 Å². The minimum atomic E-state index is -5.08. The van der Waals surface area contributed by atoms with E-state index in [0.29, 0.717) is 44.0 Å². The van der Waals surface area contributed by atoms with Gasteiger partial charge < -0.3 is 20.6 Å². The molecule has 0 atom stereocenters. The van der Waals surface area contributed by atoms with Crippen molar-refractivity contribution in [3.63, 3.8) is 0 Å². The summed E-state index contributed by atoms with van der Waals surface area (Å²) in [6.07, 6.45) is -17.8. The van der Waals surface area contributed by atoms with Crippen LogP contribution in [0.5, 0.6) is 0 Å². The zero-order chi connectivity index (χ0) is 33.8. The smallest absolute Gasteiger partial charge is 0.475 e. The fourth-order valence-electron chi connectivity index (χ4n) is 3.90. The molecule has 1 aromatic heterocycles. The average Bonchev–Trinajstić information content (AvgIpc) is 2.87. The van der Waals surface area contributed by atoms with Crippen LogP contribution in [0.15, 0.2) is 24.4 Å². The number of alkyl halides is 12. The second-order valence-corrected chi connectivity index (χ2v) is 9.59. The first-order valence-electron chi connectivity index (χ1n) is 12.2. The van der Waals surface area contributed by atoms with Crippen molar-refractivity contribution in [3.05, 3.63) is 46.6 Å². The van der Waals surface area contributed by atoms with Crippen LogP contribution in [0.1, 0.15) is 52.7 Å². The molecule has 246 valence electrons. The predicted octanol–water partition coefficient (Wildman–Crippen LogP) is 6.39. The maximum atomic E-state index is 13.2. The standard InChI is InChI=1S/C22H22F9N5O.C2HF3O2/c1-36(2)17-16(22(29,30)31)10-32-19(35-17)34-15-5-3-14(4-6-15)33-18(37)11-7-12(20(23,24)25)9-13(8-11)21(26,27)28;3-2(4,5)1(6)7/h7-10,14-15H,3-6H2,1-2H3,(H,33,37)(H,32,34,35);(H,6,7)/t14-,15+;. The highest BCUT2D eigenvalue weighted by atomic mass is 19.4. The van der Waals surface area contributed by atoms with Crippen molar-refractivity contribution < 1.29 is 67.4 Å². The van der Waals surface area contributed by atoms with Crippen LogP contribution >= 0.6 is 0 Å². The first-order chi connectivity index (χ1) is 19.9. The number of anilines is 2. The number of aromatic nitrogens is 2. The highest BCUT2D eigenvalue weighted by Gasteiger charge is 2.39. The van der Waals surface area contributed by atoms with Crippen LogP contribution < -0.4 is 15.5 Å². The summed E-state index contributed by atoms with van der Waals surface area (Å²) in [6, 6.07) is -0.131. The second-order valence-electron chi connectivity index (χ2n) is 9.59. The molecule has 1 aliphatic rings. The largest absolute Gasteiger partial charge is 0.490 e. The van der Waals surface area contributed by atoms with E-state index in [1.165, 1.54) is 19.0 Å². The Balaban J connectivity index is 0.000000860. The molecule has 0 aliphatic heterocycles. The van der Waals surface area contributed by atoms with Gasteiger partial charge in [-0.05, 0) is 43.9 Å². The zero-order valence-corrected chi connectivity index (χ0v) is 22.4. The molecule has 44 heavy (non-hydrogen) atoms. The van der Waals surface area contributed by atoms with E-state index < -0.39 is 64.9 Å². The van der Waals surface area contributed by atoms with E-state index in [0.717, 1.165) is 0 Å². The van der Waals surface area contributed by atoms with Gasteiger partial charge >= 0.3 is 30.7 Å². The molecule has 3 rings (SSSR count). The van der Waals surface area contributed by atoms with Gasteiger partial charge in [-0.2, -0.15) is 57.7 Å². The number of carbonyl (C=O) groups is 2. The van der Waals surface area contributed by atoms with Crippen molar-refractivity contribution >= 4 is 23.6 Å². The van der Waals surface area contributed by atoms with Crippen LogP contribution in [0.2, 0.25) is 0 Å². The average molecular weight is 657 g/mol. The monoisotopic (exact) mass is 657 g/mol. The Bertz CT molecular complexity index is 1280. The molecule has 1 amide bonds. The molecule has 20 heteroatoms. The summed E-state index contributed by atoms with van der Waals surface area (Å²) in [4.78, 5) is 30.2. The maximum Gasteiger partial charge on any atom is 0.490 e. The summed E-state index contributed by atoms with van der Waals surface area (Å²) in [6.45, 7) is 0. The fraction of sp³-hybridized carbons (Fsp3) is 0.500. The summed E-state index contributed by atoms with van der Waals surface area (Å²) in [5.41, 5.74) is -4.95. The lowest BCUT2D eigenvalue weighted by Crippen LogP contribution is -2.40. The van der Waals surface area contributed by atoms with Crippen molar-refractivity contribution in [2.24, 2.45) is 0 Å². The molecule has 0 unspecified atom stereocenters. The van der Waals surface area contributed by atoms with Crippen LogP contribution in [0.3, 0.4) is 0 Å². The van der Waals surface area contributed by atoms with Gasteiger partial charge in [-0.3, -0.25) is 4.79 Å². The molecular weight excluding hydrogens is 634 g/mol. The highest BCUT2D eigenvalue weighted by molar-refractivity contribution is 5.94. The summed E-state index contributed by atoms with van der Waals surface area (Å²) in [7, 11) is 2.80. The lowest BCUT2D eigenvalue weighted by Gasteiger charge is -2.30. The first kappa shape index (κ1) is 36.2. The van der Waals surface area contributed by atoms with Crippen molar-refractivity contribution in [1.82, 2.24) is 15.3 Å². The number of carboxylic acid groups (broad SMARTS) is 1. The maximum absolute atomic E-state index is 13.2. The number of carbonyl (C=O) groups excluding carboxylic acids is 1. The molecule has 1 saturated carbocycles. The summed E-state index contributed by atoms with van der Waals surface area (Å²) in [5.74, 6) is -4.19. The normalized spacial score (nSPS) is 17.7. The number of amides is 1. The molecule has 1 fully saturated rings. The second kappa shape index (κ2) is 13.3. The van der Waals surface area contributed by atoms with E-state index in [1.807, 2.05) is 0 Å². The number of benzene rings is 1. The Hall–Kier alpha value is -4.00. The minimum Gasteiger partial charge on any atom is -0.475 e. The topological polar surface area (TPSA) is 107 Å². The molecule has 0 spiro atoms. The molecule has 1 aromatic carbocycles. The first-order valence-corrected chi connectivity index (χ1v) is 12.2. The molecule has 1 heterocycles. The Kier molecular flexibility index (Phi) is 11.0. The number of halogens is 12. The van der Waals surface area contributed by atoms with Crippen molar-refractivity contribution in [2.75, 3.05) is 24.3 Å². The van der Waals surface area contributed by atoms with E-state index >= 15 is 0 Å².